The van der Waals surface area contributed by atoms with Gasteiger partial charge in [-0.2, -0.15) is 0 Å². The quantitative estimate of drug-likeness (QED) is 0.666. The summed E-state index contributed by atoms with van der Waals surface area (Å²) in [5, 5.41) is 9.44. The third-order valence-electron chi connectivity index (χ3n) is 3.80. The molecular weight excluding hydrogens is 192 g/mol. The molecule has 0 radical (unpaired) electrons. The van der Waals surface area contributed by atoms with E-state index < -0.39 is 0 Å². The SMILES string of the molecule is CN(C1CCOC1)C(CO)C(N)C1CC1. The van der Waals surface area contributed by atoms with Crippen molar-refractivity contribution in [2.24, 2.45) is 11.7 Å². The highest BCUT2D eigenvalue weighted by molar-refractivity contribution is 4.94. The Kier molecular flexibility index (Phi) is 3.61. The average Bonchev–Trinajstić information content (AvgIpc) is 2.94. The summed E-state index contributed by atoms with van der Waals surface area (Å²) in [6.45, 7) is 1.78. The van der Waals surface area contributed by atoms with Crippen LogP contribution in [0.4, 0.5) is 0 Å². The highest BCUT2D eigenvalue weighted by Crippen LogP contribution is 2.34. The Hall–Kier alpha value is -0.160. The molecule has 3 atom stereocenters. The van der Waals surface area contributed by atoms with Crippen LogP contribution in [0.2, 0.25) is 0 Å². The maximum Gasteiger partial charge on any atom is 0.0622 e. The number of hydrogen-bond donors (Lipinski definition) is 2. The first-order valence-corrected chi connectivity index (χ1v) is 5.90. The first-order chi connectivity index (χ1) is 7.24. The van der Waals surface area contributed by atoms with Crippen molar-refractivity contribution in [3.05, 3.63) is 0 Å². The molecule has 88 valence electrons. The zero-order chi connectivity index (χ0) is 10.8. The Labute approximate surface area is 91.4 Å². The largest absolute Gasteiger partial charge is 0.395 e. The molecule has 0 aromatic heterocycles. The van der Waals surface area contributed by atoms with E-state index in [-0.39, 0.29) is 18.7 Å². The summed E-state index contributed by atoms with van der Waals surface area (Å²) in [5.74, 6) is 0.631. The molecule has 1 heterocycles. The fourth-order valence-corrected chi connectivity index (χ4v) is 2.43. The molecule has 3 unspecified atom stereocenters. The molecule has 0 spiro atoms. The van der Waals surface area contributed by atoms with Crippen molar-refractivity contribution < 1.29 is 9.84 Å². The van der Waals surface area contributed by atoms with Gasteiger partial charge in [0.25, 0.3) is 0 Å². The molecule has 2 rings (SSSR count). The van der Waals surface area contributed by atoms with Crippen molar-refractivity contribution in [1.29, 1.82) is 0 Å². The average molecular weight is 214 g/mol. The zero-order valence-corrected chi connectivity index (χ0v) is 9.43. The molecule has 0 aromatic rings. The van der Waals surface area contributed by atoms with Crippen LogP contribution in [0.15, 0.2) is 0 Å². The molecule has 2 fully saturated rings. The van der Waals surface area contributed by atoms with Gasteiger partial charge in [-0.25, -0.2) is 0 Å². The molecule has 0 bridgehead atoms. The molecule has 4 heteroatoms. The summed E-state index contributed by atoms with van der Waals surface area (Å²) in [5.41, 5.74) is 6.16. The highest BCUT2D eigenvalue weighted by Gasteiger charge is 2.37. The Balaban J connectivity index is 1.91. The Morgan fingerprint density at radius 2 is 2.20 bits per heavy atom. The van der Waals surface area contributed by atoms with Crippen LogP contribution in [-0.2, 0) is 4.74 Å². The van der Waals surface area contributed by atoms with Gasteiger partial charge < -0.3 is 15.6 Å². The van der Waals surface area contributed by atoms with Crippen molar-refractivity contribution in [3.63, 3.8) is 0 Å². The summed E-state index contributed by atoms with van der Waals surface area (Å²) in [4.78, 5) is 2.22. The zero-order valence-electron chi connectivity index (χ0n) is 9.43. The molecule has 2 aliphatic rings. The molecule has 1 aliphatic carbocycles. The maximum absolute atomic E-state index is 9.44. The van der Waals surface area contributed by atoms with Crippen molar-refractivity contribution in [2.75, 3.05) is 26.9 Å². The molecule has 0 amide bonds. The predicted molar refractivity (Wildman–Crippen MR) is 58.6 cm³/mol. The van der Waals surface area contributed by atoms with Crippen LogP contribution in [0.5, 0.6) is 0 Å². The lowest BCUT2D eigenvalue weighted by atomic mass is 10.0. The van der Waals surface area contributed by atoms with Gasteiger partial charge in [0.1, 0.15) is 0 Å². The fourth-order valence-electron chi connectivity index (χ4n) is 2.43. The van der Waals surface area contributed by atoms with Gasteiger partial charge in [-0.1, -0.05) is 0 Å². The number of hydrogen-bond acceptors (Lipinski definition) is 4. The minimum atomic E-state index is 0.101. The lowest BCUT2D eigenvalue weighted by molar-refractivity contribution is 0.0759. The summed E-state index contributed by atoms with van der Waals surface area (Å²) in [6, 6.07) is 0.664. The van der Waals surface area contributed by atoms with E-state index in [0.29, 0.717) is 12.0 Å². The van der Waals surface area contributed by atoms with Crippen LogP contribution in [0.25, 0.3) is 0 Å². The molecule has 1 saturated carbocycles. The van der Waals surface area contributed by atoms with Gasteiger partial charge in [-0.05, 0) is 32.2 Å². The summed E-state index contributed by atoms with van der Waals surface area (Å²) in [7, 11) is 2.06. The van der Waals surface area contributed by atoms with E-state index >= 15 is 0 Å². The van der Waals surface area contributed by atoms with Crippen LogP contribution in [0.1, 0.15) is 19.3 Å². The normalized spacial score (nSPS) is 30.8. The van der Waals surface area contributed by atoms with E-state index in [4.69, 9.17) is 10.5 Å². The standard InChI is InChI=1S/C11H22N2O2/c1-13(9-4-5-15-7-9)10(6-14)11(12)8-2-3-8/h8-11,14H,2-7,12H2,1H3. The minimum absolute atomic E-state index is 0.101. The van der Waals surface area contributed by atoms with Crippen LogP contribution in [-0.4, -0.2) is 55.0 Å². The Morgan fingerprint density at radius 1 is 1.47 bits per heavy atom. The van der Waals surface area contributed by atoms with Crippen molar-refractivity contribution in [2.45, 2.75) is 37.4 Å². The van der Waals surface area contributed by atoms with Crippen molar-refractivity contribution in [1.82, 2.24) is 4.90 Å². The molecule has 1 saturated heterocycles. The van der Waals surface area contributed by atoms with Gasteiger partial charge in [0.15, 0.2) is 0 Å². The number of rotatable bonds is 5. The second kappa shape index (κ2) is 4.78. The van der Waals surface area contributed by atoms with Gasteiger partial charge in [0.05, 0.1) is 13.2 Å². The number of likely N-dealkylation sites (N-methyl/N-ethyl adjacent to an activating group) is 1. The van der Waals surface area contributed by atoms with Crippen LogP contribution in [0.3, 0.4) is 0 Å². The van der Waals surface area contributed by atoms with E-state index in [9.17, 15) is 5.11 Å². The molecule has 4 nitrogen and oxygen atoms in total. The second-order valence-electron chi connectivity index (χ2n) is 4.85. The lowest BCUT2D eigenvalue weighted by Crippen LogP contribution is -2.53. The van der Waals surface area contributed by atoms with E-state index in [0.717, 1.165) is 19.6 Å². The highest BCUT2D eigenvalue weighted by atomic mass is 16.5. The number of aliphatic hydroxyl groups is 1. The van der Waals surface area contributed by atoms with Crippen LogP contribution >= 0.6 is 0 Å². The topological polar surface area (TPSA) is 58.7 Å². The molecule has 0 aromatic carbocycles. The summed E-state index contributed by atoms with van der Waals surface area (Å²) < 4.78 is 5.36. The Bertz CT molecular complexity index is 203. The number of nitrogens with zero attached hydrogens (tertiary/aromatic N) is 1. The van der Waals surface area contributed by atoms with Crippen molar-refractivity contribution in [3.8, 4) is 0 Å². The van der Waals surface area contributed by atoms with Gasteiger partial charge in [-0.3, -0.25) is 4.90 Å². The second-order valence-corrected chi connectivity index (χ2v) is 4.85. The Morgan fingerprint density at radius 3 is 2.67 bits per heavy atom. The van der Waals surface area contributed by atoms with Crippen LogP contribution in [0, 0.1) is 5.92 Å². The lowest BCUT2D eigenvalue weighted by Gasteiger charge is -2.35. The van der Waals surface area contributed by atoms with E-state index in [2.05, 4.69) is 11.9 Å². The van der Waals surface area contributed by atoms with Gasteiger partial charge in [0, 0.05) is 24.7 Å². The summed E-state index contributed by atoms with van der Waals surface area (Å²) in [6.07, 6.45) is 3.52. The molecule has 1 aliphatic heterocycles. The smallest absolute Gasteiger partial charge is 0.0622 e. The van der Waals surface area contributed by atoms with Crippen molar-refractivity contribution >= 4 is 0 Å². The van der Waals surface area contributed by atoms with Crippen LogP contribution < -0.4 is 5.73 Å². The van der Waals surface area contributed by atoms with E-state index in [1.165, 1.54) is 12.8 Å². The number of ether oxygens (including phenoxy) is 1. The fraction of sp³-hybridized carbons (Fsp3) is 1.00. The van der Waals surface area contributed by atoms with Gasteiger partial charge >= 0.3 is 0 Å². The predicted octanol–water partition coefficient (Wildman–Crippen LogP) is -0.195. The van der Waals surface area contributed by atoms with E-state index in [1.807, 2.05) is 0 Å². The first-order valence-electron chi connectivity index (χ1n) is 5.90. The molecule has 3 N–H and O–H groups in total. The van der Waals surface area contributed by atoms with Gasteiger partial charge in [0.2, 0.25) is 0 Å². The minimum Gasteiger partial charge on any atom is -0.395 e. The van der Waals surface area contributed by atoms with Gasteiger partial charge in [-0.15, -0.1) is 0 Å². The third-order valence-corrected chi connectivity index (χ3v) is 3.80. The number of aliphatic hydroxyl groups excluding tert-OH is 1. The maximum atomic E-state index is 9.44. The monoisotopic (exact) mass is 214 g/mol. The molecular formula is C11H22N2O2. The third kappa shape index (κ3) is 2.50. The van der Waals surface area contributed by atoms with E-state index in [1.54, 1.807) is 0 Å². The first kappa shape index (κ1) is 11.3. The summed E-state index contributed by atoms with van der Waals surface area (Å²) >= 11 is 0. The molecule has 15 heavy (non-hydrogen) atoms. The number of nitrogens with two attached hydrogens (primary N) is 1.